The molecule has 42 heavy (non-hydrogen) atoms. The highest BCUT2D eigenvalue weighted by Crippen LogP contribution is 2.40. The zero-order chi connectivity index (χ0) is 29.2. The number of hydrogen-bond donors (Lipinski definition) is 1. The van der Waals surface area contributed by atoms with Gasteiger partial charge in [-0.15, -0.1) is 0 Å². The second kappa shape index (κ2) is 11.6. The molecule has 0 radical (unpaired) electrons. The van der Waals surface area contributed by atoms with Gasteiger partial charge in [0.2, 0.25) is 12.7 Å². The van der Waals surface area contributed by atoms with E-state index in [1.165, 1.54) is 0 Å². The molecule has 0 fully saturated rings. The Morgan fingerprint density at radius 1 is 1.00 bits per heavy atom. The highest BCUT2D eigenvalue weighted by Gasteiger charge is 2.36. The molecule has 0 aliphatic carbocycles. The van der Waals surface area contributed by atoms with E-state index in [0.29, 0.717) is 52.3 Å². The highest BCUT2D eigenvalue weighted by molar-refractivity contribution is 6.31. The number of ether oxygens (including phenoxy) is 2. The average Bonchev–Trinajstić information content (AvgIpc) is 3.59. The fourth-order valence-corrected chi connectivity index (χ4v) is 5.17. The number of aliphatic imine (C=N–C) groups is 1. The summed E-state index contributed by atoms with van der Waals surface area (Å²) in [5.74, 6) is 0.232. The summed E-state index contributed by atoms with van der Waals surface area (Å²) < 4.78 is 11.1. The molecule has 0 saturated heterocycles. The van der Waals surface area contributed by atoms with E-state index < -0.39 is 5.92 Å². The van der Waals surface area contributed by atoms with Crippen LogP contribution < -0.4 is 19.7 Å². The van der Waals surface area contributed by atoms with Crippen LogP contribution in [0.25, 0.3) is 0 Å². The van der Waals surface area contributed by atoms with Crippen LogP contribution in [-0.2, 0) is 4.79 Å². The maximum Gasteiger partial charge on any atom is 0.259 e. The van der Waals surface area contributed by atoms with E-state index in [2.05, 4.69) is 10.3 Å². The van der Waals surface area contributed by atoms with Gasteiger partial charge < -0.3 is 24.6 Å². The molecule has 0 saturated carbocycles. The Bertz CT molecular complexity index is 1670. The molecule has 1 aromatic heterocycles. The van der Waals surface area contributed by atoms with E-state index in [1.54, 1.807) is 41.6 Å². The van der Waals surface area contributed by atoms with Crippen molar-refractivity contribution in [2.45, 2.75) is 5.92 Å². The molecule has 0 spiro atoms. The predicted octanol–water partition coefficient (Wildman–Crippen LogP) is 5.53. The number of nitrogens with one attached hydrogen (secondary N) is 1. The predicted molar refractivity (Wildman–Crippen MR) is 162 cm³/mol. The minimum atomic E-state index is -0.666. The van der Waals surface area contributed by atoms with Crippen LogP contribution in [-0.4, -0.2) is 61.4 Å². The number of anilines is 2. The first kappa shape index (κ1) is 27.4. The summed E-state index contributed by atoms with van der Waals surface area (Å²) in [5, 5.41) is 3.47. The van der Waals surface area contributed by atoms with Gasteiger partial charge in [0.1, 0.15) is 5.92 Å². The summed E-state index contributed by atoms with van der Waals surface area (Å²) in [4.78, 5) is 39.6. The number of carbonyl (C=O) groups excluding carboxylic acids is 2. The summed E-state index contributed by atoms with van der Waals surface area (Å²) in [6.45, 7) is 1.31. The molecule has 3 heterocycles. The zero-order valence-electron chi connectivity index (χ0n) is 23.1. The molecule has 0 bridgehead atoms. The second-order valence-electron chi connectivity index (χ2n) is 10.2. The van der Waals surface area contributed by atoms with Crippen molar-refractivity contribution in [1.29, 1.82) is 0 Å². The van der Waals surface area contributed by atoms with Crippen molar-refractivity contribution in [3.8, 4) is 11.5 Å². The number of amides is 2. The lowest BCUT2D eigenvalue weighted by Crippen LogP contribution is -2.36. The Morgan fingerprint density at radius 2 is 1.81 bits per heavy atom. The molecule has 1 atom stereocenters. The molecular formula is C32H28ClN5O4. The van der Waals surface area contributed by atoms with Crippen LogP contribution in [0.5, 0.6) is 11.5 Å². The average molecular weight is 582 g/mol. The molecule has 1 N–H and O–H groups in total. The van der Waals surface area contributed by atoms with Gasteiger partial charge in [-0.1, -0.05) is 17.7 Å². The molecule has 2 aliphatic heterocycles. The van der Waals surface area contributed by atoms with Gasteiger partial charge in [-0.2, -0.15) is 0 Å². The van der Waals surface area contributed by atoms with Gasteiger partial charge >= 0.3 is 0 Å². The third-order valence-corrected chi connectivity index (χ3v) is 7.36. The van der Waals surface area contributed by atoms with Crippen molar-refractivity contribution in [2.24, 2.45) is 4.99 Å². The number of rotatable bonds is 8. The Morgan fingerprint density at radius 3 is 2.57 bits per heavy atom. The largest absolute Gasteiger partial charge is 0.454 e. The maximum atomic E-state index is 13.4. The SMILES string of the molecule is CN(C)CCN(C(=O)c1cccnc1)c1ccc(N=C(c2ccc3c(c2)OCO3)C2C(=O)Nc3cc(Cl)ccc32)cc1. The van der Waals surface area contributed by atoms with E-state index in [4.69, 9.17) is 26.1 Å². The molecule has 9 nitrogen and oxygen atoms in total. The minimum absolute atomic E-state index is 0.139. The first-order valence-corrected chi connectivity index (χ1v) is 13.8. The lowest BCUT2D eigenvalue weighted by molar-refractivity contribution is -0.115. The molecule has 4 aromatic rings. The van der Waals surface area contributed by atoms with Crippen LogP contribution in [0.2, 0.25) is 5.02 Å². The number of carbonyl (C=O) groups is 2. The number of aromatic nitrogens is 1. The number of likely N-dealkylation sites (N-methyl/N-ethyl adjacent to an activating group) is 1. The molecule has 2 aliphatic rings. The summed E-state index contributed by atoms with van der Waals surface area (Å²) >= 11 is 6.20. The molecular weight excluding hydrogens is 554 g/mol. The lowest BCUT2D eigenvalue weighted by Gasteiger charge is -2.24. The Balaban J connectivity index is 1.38. The van der Waals surface area contributed by atoms with E-state index in [-0.39, 0.29) is 18.6 Å². The molecule has 6 rings (SSSR count). The Hall–Kier alpha value is -4.73. The highest BCUT2D eigenvalue weighted by atomic mass is 35.5. The lowest BCUT2D eigenvalue weighted by atomic mass is 9.90. The van der Waals surface area contributed by atoms with Gasteiger partial charge in [0.25, 0.3) is 5.91 Å². The summed E-state index contributed by atoms with van der Waals surface area (Å²) in [6.07, 6.45) is 3.21. The van der Waals surface area contributed by atoms with Crippen LogP contribution in [0, 0.1) is 0 Å². The zero-order valence-corrected chi connectivity index (χ0v) is 23.8. The number of benzene rings is 3. The normalized spacial score (nSPS) is 15.5. The molecule has 212 valence electrons. The fourth-order valence-electron chi connectivity index (χ4n) is 5.00. The van der Waals surface area contributed by atoms with Crippen LogP contribution >= 0.6 is 11.6 Å². The van der Waals surface area contributed by atoms with Gasteiger partial charge in [-0.05, 0) is 86.4 Å². The van der Waals surface area contributed by atoms with Crippen molar-refractivity contribution in [2.75, 3.05) is 44.2 Å². The van der Waals surface area contributed by atoms with Gasteiger partial charge in [0.15, 0.2) is 11.5 Å². The van der Waals surface area contributed by atoms with Gasteiger partial charge in [0, 0.05) is 47.4 Å². The van der Waals surface area contributed by atoms with Crippen LogP contribution in [0.4, 0.5) is 17.1 Å². The van der Waals surface area contributed by atoms with Crippen molar-refractivity contribution < 1.29 is 19.1 Å². The summed E-state index contributed by atoms with van der Waals surface area (Å²) in [5.41, 5.74) is 4.59. The molecule has 2 amide bonds. The summed E-state index contributed by atoms with van der Waals surface area (Å²) in [7, 11) is 3.93. The maximum absolute atomic E-state index is 13.4. The molecule has 1 unspecified atom stereocenters. The number of hydrogen-bond acceptors (Lipinski definition) is 7. The van der Waals surface area contributed by atoms with Crippen molar-refractivity contribution in [3.05, 3.63) is 107 Å². The number of pyridine rings is 1. The third kappa shape index (κ3) is 5.57. The Kier molecular flexibility index (Phi) is 7.60. The smallest absolute Gasteiger partial charge is 0.259 e. The third-order valence-electron chi connectivity index (χ3n) is 7.12. The van der Waals surface area contributed by atoms with Gasteiger partial charge in [0.05, 0.1) is 17.0 Å². The van der Waals surface area contributed by atoms with E-state index in [0.717, 1.165) is 16.8 Å². The van der Waals surface area contributed by atoms with Crippen molar-refractivity contribution in [3.63, 3.8) is 0 Å². The van der Waals surface area contributed by atoms with Crippen molar-refractivity contribution in [1.82, 2.24) is 9.88 Å². The first-order valence-electron chi connectivity index (χ1n) is 13.4. The Labute approximate surface area is 248 Å². The van der Waals surface area contributed by atoms with Crippen molar-refractivity contribution >= 4 is 46.2 Å². The first-order chi connectivity index (χ1) is 20.4. The van der Waals surface area contributed by atoms with E-state index in [9.17, 15) is 9.59 Å². The quantitative estimate of drug-likeness (QED) is 0.275. The topological polar surface area (TPSA) is 96.4 Å². The van der Waals surface area contributed by atoms with Crippen LogP contribution in [0.3, 0.4) is 0 Å². The molecule has 3 aromatic carbocycles. The monoisotopic (exact) mass is 581 g/mol. The standard InChI is InChI=1S/C32H28ClN5O4/c1-37(2)14-15-38(32(40)21-4-3-13-34-18-21)24-9-7-23(8-10-24)35-30(20-5-12-27-28(16-20)42-19-41-27)29-25-11-6-22(33)17-26(25)36-31(29)39/h3-13,16-18,29H,14-15,19H2,1-2H3,(H,36,39). The van der Waals surface area contributed by atoms with Crippen LogP contribution in [0.1, 0.15) is 27.4 Å². The number of fused-ring (bicyclic) bond motifs is 2. The number of halogens is 1. The van der Waals surface area contributed by atoms with E-state index >= 15 is 0 Å². The fraction of sp³-hybridized carbons (Fsp3) is 0.188. The number of nitrogens with zero attached hydrogens (tertiary/aromatic N) is 4. The van der Waals surface area contributed by atoms with Gasteiger partial charge in [-0.25, -0.2) is 0 Å². The second-order valence-corrected chi connectivity index (χ2v) is 10.7. The van der Waals surface area contributed by atoms with E-state index in [1.807, 2.05) is 67.5 Å². The molecule has 10 heteroatoms. The summed E-state index contributed by atoms with van der Waals surface area (Å²) in [6, 6.07) is 21.8. The van der Waals surface area contributed by atoms with Crippen LogP contribution in [0.15, 0.2) is 90.2 Å². The minimum Gasteiger partial charge on any atom is -0.454 e. The van der Waals surface area contributed by atoms with Gasteiger partial charge in [-0.3, -0.25) is 19.6 Å².